The van der Waals surface area contributed by atoms with Crippen molar-refractivity contribution in [2.24, 2.45) is 0 Å². The van der Waals surface area contributed by atoms with E-state index in [1.807, 2.05) is 6.92 Å². The van der Waals surface area contributed by atoms with Crippen molar-refractivity contribution >= 4 is 15.7 Å². The van der Waals surface area contributed by atoms with E-state index in [0.717, 1.165) is 25.1 Å². The summed E-state index contributed by atoms with van der Waals surface area (Å²) in [5, 5.41) is 2.93. The molecule has 1 rings (SSSR count). The highest BCUT2D eigenvalue weighted by Gasteiger charge is 2.11. The summed E-state index contributed by atoms with van der Waals surface area (Å²) in [5.41, 5.74) is -0.108. The molecule has 1 aromatic carbocycles. The molecule has 0 bridgehead atoms. The Bertz CT molecular complexity index is 472. The number of benzene rings is 1. The Morgan fingerprint density at radius 2 is 1.72 bits per heavy atom. The molecule has 0 unspecified atom stereocenters. The Labute approximate surface area is 105 Å². The van der Waals surface area contributed by atoms with Crippen LogP contribution in [0, 0.1) is 11.6 Å². The summed E-state index contributed by atoms with van der Waals surface area (Å²) in [4.78, 5) is 0. The van der Waals surface area contributed by atoms with Crippen LogP contribution in [0.2, 0.25) is 0 Å². The highest BCUT2D eigenvalue weighted by atomic mass is 32.2. The zero-order valence-corrected chi connectivity index (χ0v) is 10.9. The van der Waals surface area contributed by atoms with Crippen LogP contribution in [0.4, 0.5) is 14.5 Å². The van der Waals surface area contributed by atoms with Crippen LogP contribution in [0.25, 0.3) is 0 Å². The van der Waals surface area contributed by atoms with Crippen molar-refractivity contribution in [1.29, 1.82) is 0 Å². The Morgan fingerprint density at radius 1 is 1.11 bits per heavy atom. The third-order valence-corrected chi connectivity index (χ3v) is 3.40. The van der Waals surface area contributed by atoms with Gasteiger partial charge < -0.3 is 5.32 Å². The molecule has 0 fully saturated rings. The fourth-order valence-electron chi connectivity index (χ4n) is 1.35. The lowest BCUT2D eigenvalue weighted by molar-refractivity contribution is 0.584. The van der Waals surface area contributed by atoms with Crippen molar-refractivity contribution in [1.82, 2.24) is 5.32 Å². The fourth-order valence-corrected chi connectivity index (χ4v) is 2.34. The molecule has 0 saturated heterocycles. The summed E-state index contributed by atoms with van der Waals surface area (Å²) in [6.45, 7) is 2.99. The standard InChI is InChI=1S/C11H16F2N2O2S/c1-2-3-14-4-5-18(16,17)15-11-7-9(12)6-10(13)8-11/h6-8,14-15H,2-5H2,1H3. The van der Waals surface area contributed by atoms with Gasteiger partial charge in [-0.1, -0.05) is 6.92 Å². The van der Waals surface area contributed by atoms with E-state index in [9.17, 15) is 17.2 Å². The lowest BCUT2D eigenvalue weighted by atomic mass is 10.3. The van der Waals surface area contributed by atoms with Crippen molar-refractivity contribution < 1.29 is 17.2 Å². The minimum atomic E-state index is -3.59. The normalized spacial score (nSPS) is 11.5. The quantitative estimate of drug-likeness (QED) is 0.746. The zero-order chi connectivity index (χ0) is 13.6. The number of sulfonamides is 1. The van der Waals surface area contributed by atoms with E-state index < -0.39 is 21.7 Å². The van der Waals surface area contributed by atoms with E-state index in [-0.39, 0.29) is 11.4 Å². The van der Waals surface area contributed by atoms with E-state index in [1.54, 1.807) is 0 Å². The highest BCUT2D eigenvalue weighted by Crippen LogP contribution is 2.14. The Balaban J connectivity index is 2.59. The number of nitrogens with one attached hydrogen (secondary N) is 2. The van der Waals surface area contributed by atoms with Crippen LogP contribution in [-0.2, 0) is 10.0 Å². The maximum atomic E-state index is 12.9. The molecule has 102 valence electrons. The Morgan fingerprint density at radius 3 is 2.28 bits per heavy atom. The number of rotatable bonds is 7. The summed E-state index contributed by atoms with van der Waals surface area (Å²) < 4.78 is 51.0. The fraction of sp³-hybridized carbons (Fsp3) is 0.455. The first-order valence-corrected chi connectivity index (χ1v) is 7.25. The predicted molar refractivity (Wildman–Crippen MR) is 66.9 cm³/mol. The first-order chi connectivity index (χ1) is 8.43. The van der Waals surface area contributed by atoms with Gasteiger partial charge in [-0.3, -0.25) is 4.72 Å². The maximum absolute atomic E-state index is 12.9. The van der Waals surface area contributed by atoms with Crippen LogP contribution in [0.1, 0.15) is 13.3 Å². The average molecular weight is 278 g/mol. The average Bonchev–Trinajstić information content (AvgIpc) is 2.22. The van der Waals surface area contributed by atoms with Gasteiger partial charge in [0.15, 0.2) is 0 Å². The molecular formula is C11H16F2N2O2S. The number of anilines is 1. The van der Waals surface area contributed by atoms with Crippen LogP contribution >= 0.6 is 0 Å². The van der Waals surface area contributed by atoms with Crippen molar-refractivity contribution in [2.45, 2.75) is 13.3 Å². The van der Waals surface area contributed by atoms with Crippen LogP contribution in [-0.4, -0.2) is 27.3 Å². The maximum Gasteiger partial charge on any atom is 0.233 e. The Kier molecular flexibility index (Phi) is 5.49. The number of halogens is 2. The number of hydrogen-bond acceptors (Lipinski definition) is 3. The lowest BCUT2D eigenvalue weighted by Gasteiger charge is -2.08. The van der Waals surface area contributed by atoms with E-state index in [4.69, 9.17) is 0 Å². The molecule has 0 spiro atoms. The molecule has 0 aliphatic carbocycles. The smallest absolute Gasteiger partial charge is 0.233 e. The van der Waals surface area contributed by atoms with Gasteiger partial charge >= 0.3 is 0 Å². The van der Waals surface area contributed by atoms with E-state index in [2.05, 4.69) is 10.0 Å². The van der Waals surface area contributed by atoms with Crippen molar-refractivity contribution in [2.75, 3.05) is 23.6 Å². The van der Waals surface area contributed by atoms with Gasteiger partial charge in [0.05, 0.1) is 11.4 Å². The lowest BCUT2D eigenvalue weighted by Crippen LogP contribution is -2.27. The van der Waals surface area contributed by atoms with Crippen LogP contribution in [0.5, 0.6) is 0 Å². The molecule has 0 saturated carbocycles. The molecule has 0 aliphatic heterocycles. The minimum Gasteiger partial charge on any atom is -0.316 e. The molecule has 0 amide bonds. The molecule has 7 heteroatoms. The third-order valence-electron chi connectivity index (χ3n) is 2.11. The first kappa shape index (κ1) is 14.8. The van der Waals surface area contributed by atoms with Gasteiger partial charge in [-0.25, -0.2) is 17.2 Å². The van der Waals surface area contributed by atoms with Gasteiger partial charge in [0.25, 0.3) is 0 Å². The molecule has 0 atom stereocenters. The van der Waals surface area contributed by atoms with Gasteiger partial charge in [-0.05, 0) is 25.1 Å². The molecule has 0 heterocycles. The summed E-state index contributed by atoms with van der Waals surface area (Å²) in [7, 11) is -3.59. The van der Waals surface area contributed by atoms with E-state index in [1.165, 1.54) is 0 Å². The predicted octanol–water partition coefficient (Wildman–Crippen LogP) is 1.71. The summed E-state index contributed by atoms with van der Waals surface area (Å²) in [5.74, 6) is -1.79. The van der Waals surface area contributed by atoms with Gasteiger partial charge in [-0.2, -0.15) is 0 Å². The van der Waals surface area contributed by atoms with Crippen molar-refractivity contribution in [3.05, 3.63) is 29.8 Å². The second-order valence-electron chi connectivity index (χ2n) is 3.83. The Hall–Kier alpha value is -1.21. The minimum absolute atomic E-state index is 0.108. The summed E-state index contributed by atoms with van der Waals surface area (Å²) in [6, 6.07) is 2.54. The molecule has 0 aromatic heterocycles. The largest absolute Gasteiger partial charge is 0.316 e. The topological polar surface area (TPSA) is 58.2 Å². The van der Waals surface area contributed by atoms with Gasteiger partial charge in [0.2, 0.25) is 10.0 Å². The summed E-state index contributed by atoms with van der Waals surface area (Å²) in [6.07, 6.45) is 0.905. The van der Waals surface area contributed by atoms with Crippen LogP contribution < -0.4 is 10.0 Å². The molecule has 0 radical (unpaired) electrons. The highest BCUT2D eigenvalue weighted by molar-refractivity contribution is 7.92. The van der Waals surface area contributed by atoms with Crippen LogP contribution in [0.3, 0.4) is 0 Å². The molecule has 4 nitrogen and oxygen atoms in total. The van der Waals surface area contributed by atoms with Gasteiger partial charge in [0.1, 0.15) is 11.6 Å². The molecule has 0 aliphatic rings. The van der Waals surface area contributed by atoms with Crippen molar-refractivity contribution in [3.8, 4) is 0 Å². The SMILES string of the molecule is CCCNCCS(=O)(=O)Nc1cc(F)cc(F)c1. The second-order valence-corrected chi connectivity index (χ2v) is 5.67. The third kappa shape index (κ3) is 5.42. The molecule has 2 N–H and O–H groups in total. The van der Waals surface area contributed by atoms with Gasteiger partial charge in [0, 0.05) is 12.6 Å². The van der Waals surface area contributed by atoms with Crippen LogP contribution in [0.15, 0.2) is 18.2 Å². The van der Waals surface area contributed by atoms with Gasteiger partial charge in [-0.15, -0.1) is 0 Å². The van der Waals surface area contributed by atoms with E-state index >= 15 is 0 Å². The number of hydrogen-bond donors (Lipinski definition) is 2. The summed E-state index contributed by atoms with van der Waals surface area (Å²) >= 11 is 0. The van der Waals surface area contributed by atoms with E-state index in [0.29, 0.717) is 12.6 Å². The molecule has 1 aromatic rings. The second kappa shape index (κ2) is 6.65. The monoisotopic (exact) mass is 278 g/mol. The first-order valence-electron chi connectivity index (χ1n) is 5.60. The molecular weight excluding hydrogens is 262 g/mol. The van der Waals surface area contributed by atoms with Crippen molar-refractivity contribution in [3.63, 3.8) is 0 Å². The molecule has 18 heavy (non-hydrogen) atoms. The zero-order valence-electron chi connectivity index (χ0n) is 10.0.